The van der Waals surface area contributed by atoms with Gasteiger partial charge in [0.25, 0.3) is 0 Å². The smallest absolute Gasteiger partial charge is 0.206 e. The van der Waals surface area contributed by atoms with Crippen molar-refractivity contribution in [3.05, 3.63) is 17.9 Å². The first-order valence-corrected chi connectivity index (χ1v) is 12.0. The zero-order valence-electron chi connectivity index (χ0n) is 16.1. The van der Waals surface area contributed by atoms with Crippen LogP contribution >= 0.6 is 63.7 Å². The number of rotatable bonds is 9. The van der Waals surface area contributed by atoms with Crippen molar-refractivity contribution in [2.45, 2.75) is 12.8 Å². The van der Waals surface area contributed by atoms with Crippen molar-refractivity contribution in [3.63, 3.8) is 0 Å². The minimum absolute atomic E-state index is 0.129. The zero-order chi connectivity index (χ0) is 21.0. The highest BCUT2D eigenvalue weighted by molar-refractivity contribution is 9.15. The molecule has 0 aliphatic rings. The predicted molar refractivity (Wildman–Crippen MR) is 132 cm³/mol. The van der Waals surface area contributed by atoms with E-state index in [2.05, 4.69) is 97.2 Å². The third-order valence-corrected chi connectivity index (χ3v) is 8.99. The van der Waals surface area contributed by atoms with Gasteiger partial charge in [0.1, 0.15) is 5.52 Å². The average Bonchev–Trinajstić information content (AvgIpc) is 2.97. The maximum absolute atomic E-state index is 5.44. The van der Waals surface area contributed by atoms with Crippen LogP contribution in [0.3, 0.4) is 0 Å². The number of anilines is 1. The number of benzene rings is 1. The third-order valence-electron chi connectivity index (χ3n) is 4.26. The third kappa shape index (κ3) is 5.62. The molecule has 0 saturated carbocycles. The minimum Gasteiger partial charge on any atom is -0.370 e. The van der Waals surface area contributed by atoms with Gasteiger partial charge in [-0.05, 0) is 97.2 Å². The summed E-state index contributed by atoms with van der Waals surface area (Å²) in [6.07, 6.45) is 1.88. The molecule has 2 rings (SSSR count). The van der Waals surface area contributed by atoms with Gasteiger partial charge < -0.3 is 25.8 Å². The van der Waals surface area contributed by atoms with Gasteiger partial charge >= 0.3 is 0 Å². The number of imidazole rings is 1. The van der Waals surface area contributed by atoms with E-state index in [4.69, 9.17) is 16.5 Å². The first kappa shape index (κ1) is 23.9. The average molecular weight is 647 g/mol. The predicted octanol–water partition coefficient (Wildman–Crippen LogP) is 4.04. The van der Waals surface area contributed by atoms with Gasteiger partial charge in [-0.1, -0.05) is 0 Å². The summed E-state index contributed by atoms with van der Waals surface area (Å²) >= 11 is 14.6. The van der Waals surface area contributed by atoms with E-state index in [1.807, 2.05) is 7.05 Å². The Kier molecular flexibility index (Phi) is 9.06. The van der Waals surface area contributed by atoms with Crippen LogP contribution in [0.2, 0.25) is 0 Å². The number of aromatic nitrogens is 2. The molecule has 1 heterocycles. The molecule has 0 atom stereocenters. The van der Waals surface area contributed by atoms with Gasteiger partial charge in [-0.25, -0.2) is 4.98 Å². The van der Waals surface area contributed by atoms with Gasteiger partial charge in [-0.2, -0.15) is 0 Å². The number of aryl methyl sites for hydroxylation is 1. The molecule has 11 heteroatoms. The highest BCUT2D eigenvalue weighted by Crippen LogP contribution is 2.44. The summed E-state index contributed by atoms with van der Waals surface area (Å²) in [5.74, 6) is 1.05. The number of aliphatic imine (C=N–C) groups is 1. The van der Waals surface area contributed by atoms with Crippen LogP contribution in [0.15, 0.2) is 22.9 Å². The monoisotopic (exact) mass is 643 g/mol. The maximum atomic E-state index is 5.44. The van der Waals surface area contributed by atoms with Crippen molar-refractivity contribution >= 4 is 86.7 Å². The Balaban J connectivity index is 2.39. The Morgan fingerprint density at radius 1 is 0.964 bits per heavy atom. The fourth-order valence-electron chi connectivity index (χ4n) is 2.93. The Morgan fingerprint density at radius 3 is 2.18 bits per heavy atom. The van der Waals surface area contributed by atoms with Crippen LogP contribution in [0.4, 0.5) is 5.95 Å². The molecule has 4 N–H and O–H groups in total. The molecular formula is C17H25Br4N7. The number of nitrogens with two attached hydrogens (primary N) is 2. The van der Waals surface area contributed by atoms with Crippen LogP contribution < -0.4 is 16.4 Å². The summed E-state index contributed by atoms with van der Waals surface area (Å²) in [4.78, 5) is 13.5. The van der Waals surface area contributed by atoms with Gasteiger partial charge in [0.05, 0.1) is 14.5 Å². The molecule has 0 unspecified atom stereocenters. The van der Waals surface area contributed by atoms with Gasteiger partial charge in [0, 0.05) is 35.6 Å². The van der Waals surface area contributed by atoms with Crippen molar-refractivity contribution in [1.29, 1.82) is 0 Å². The van der Waals surface area contributed by atoms with E-state index in [1.165, 1.54) is 0 Å². The maximum Gasteiger partial charge on any atom is 0.206 e. The second-order valence-electron chi connectivity index (χ2n) is 6.73. The number of hydrogen-bond donors (Lipinski definition) is 2. The summed E-state index contributed by atoms with van der Waals surface area (Å²) in [6.45, 7) is 3.33. The van der Waals surface area contributed by atoms with Crippen LogP contribution in [-0.4, -0.2) is 60.7 Å². The molecule has 0 fully saturated rings. The summed E-state index contributed by atoms with van der Waals surface area (Å²) in [5, 5.41) is 0. The van der Waals surface area contributed by atoms with Gasteiger partial charge in [-0.3, -0.25) is 4.99 Å². The van der Waals surface area contributed by atoms with E-state index < -0.39 is 0 Å². The number of fused-ring (bicyclic) bond motifs is 1. The molecule has 0 aliphatic carbocycles. The Bertz CT molecular complexity index is 859. The number of guanidine groups is 1. The highest BCUT2D eigenvalue weighted by Gasteiger charge is 2.22. The van der Waals surface area contributed by atoms with Gasteiger partial charge in [0.15, 0.2) is 5.96 Å². The second-order valence-corrected chi connectivity index (χ2v) is 9.90. The standard InChI is InChI=1S/C17H25Br4N7/c1-26(2)7-5-9-28(8-4-6-24-16(22)23)17-25-14-12(20)10(18)11(19)13(21)15(14)27(17)3/h4-9H2,1-3H3,(H4,22,23,24). The lowest BCUT2D eigenvalue weighted by Crippen LogP contribution is -2.31. The zero-order valence-corrected chi connectivity index (χ0v) is 22.5. The molecule has 156 valence electrons. The van der Waals surface area contributed by atoms with Crippen LogP contribution in [0.1, 0.15) is 12.8 Å². The lowest BCUT2D eigenvalue weighted by molar-refractivity contribution is 0.399. The minimum atomic E-state index is 0.129. The van der Waals surface area contributed by atoms with E-state index in [0.29, 0.717) is 6.54 Å². The number of hydrogen-bond acceptors (Lipinski definition) is 4. The molecule has 2 aromatic rings. The molecule has 0 saturated heterocycles. The molecule has 0 radical (unpaired) electrons. The van der Waals surface area contributed by atoms with Crippen LogP contribution in [0.25, 0.3) is 11.0 Å². The first-order chi connectivity index (χ1) is 13.1. The molecule has 1 aromatic carbocycles. The van der Waals surface area contributed by atoms with Crippen LogP contribution in [0, 0.1) is 0 Å². The summed E-state index contributed by atoms with van der Waals surface area (Å²) in [5.41, 5.74) is 12.8. The number of nitrogens with zero attached hydrogens (tertiary/aromatic N) is 5. The van der Waals surface area contributed by atoms with Crippen LogP contribution in [-0.2, 0) is 7.05 Å². The molecule has 1 aromatic heterocycles. The fourth-order valence-corrected chi connectivity index (χ4v) is 5.36. The lowest BCUT2D eigenvalue weighted by Gasteiger charge is -2.24. The van der Waals surface area contributed by atoms with Crippen molar-refractivity contribution in [3.8, 4) is 0 Å². The van der Waals surface area contributed by atoms with Gasteiger partial charge in [0.2, 0.25) is 5.95 Å². The van der Waals surface area contributed by atoms with Crippen molar-refractivity contribution in [2.24, 2.45) is 23.5 Å². The second kappa shape index (κ2) is 10.6. The topological polar surface area (TPSA) is 88.7 Å². The van der Waals surface area contributed by atoms with Gasteiger partial charge in [-0.15, -0.1) is 0 Å². The van der Waals surface area contributed by atoms with Crippen molar-refractivity contribution in [2.75, 3.05) is 45.2 Å². The van der Waals surface area contributed by atoms with E-state index in [-0.39, 0.29) is 5.96 Å². The molecule has 28 heavy (non-hydrogen) atoms. The fraction of sp³-hybridized carbons (Fsp3) is 0.529. The molecule has 0 spiro atoms. The molecular weight excluding hydrogens is 622 g/mol. The summed E-state index contributed by atoms with van der Waals surface area (Å²) in [7, 11) is 6.21. The molecule has 0 aliphatic heterocycles. The van der Waals surface area contributed by atoms with Crippen molar-refractivity contribution < 1.29 is 0 Å². The van der Waals surface area contributed by atoms with E-state index in [9.17, 15) is 0 Å². The first-order valence-electron chi connectivity index (χ1n) is 8.78. The normalized spacial score (nSPS) is 11.4. The lowest BCUT2D eigenvalue weighted by atomic mass is 10.3. The SMILES string of the molecule is CN(C)CCCN(CCCN=C(N)N)c1nc2c(Br)c(Br)c(Br)c(Br)c2n1C. The van der Waals surface area contributed by atoms with E-state index in [1.54, 1.807) is 0 Å². The molecule has 0 bridgehead atoms. The summed E-state index contributed by atoms with van der Waals surface area (Å²) < 4.78 is 5.90. The molecule has 7 nitrogen and oxygen atoms in total. The Morgan fingerprint density at radius 2 is 1.57 bits per heavy atom. The quantitative estimate of drug-likeness (QED) is 0.141. The Labute approximate surface area is 199 Å². The summed E-state index contributed by atoms with van der Waals surface area (Å²) in [6, 6.07) is 0. The van der Waals surface area contributed by atoms with E-state index in [0.717, 1.165) is 67.3 Å². The highest BCUT2D eigenvalue weighted by atomic mass is 79.9. The Hall–Kier alpha value is -0.360. The largest absolute Gasteiger partial charge is 0.370 e. The molecule has 0 amide bonds. The van der Waals surface area contributed by atoms with Crippen molar-refractivity contribution in [1.82, 2.24) is 14.5 Å². The number of halogens is 4. The van der Waals surface area contributed by atoms with Crippen LogP contribution in [0.5, 0.6) is 0 Å². The van der Waals surface area contributed by atoms with E-state index >= 15 is 0 Å².